The Balaban J connectivity index is 1.80. The van der Waals surface area contributed by atoms with Crippen LogP contribution in [-0.4, -0.2) is 18.3 Å². The summed E-state index contributed by atoms with van der Waals surface area (Å²) in [5, 5.41) is 1.43. The predicted octanol–water partition coefficient (Wildman–Crippen LogP) is 5.76. The standard InChI is InChI=1S/C23H25NO2/c1-25-17-11-12-19-21(15-17)26-14-13-24-20-10-6-5-9-18(20)22(23(19)24)16-7-3-2-4-8-16/h5-6,9-12,15-16H,2-4,7-8,13-14H2,1H3. The molecule has 5 rings (SSSR count). The van der Waals surface area contributed by atoms with Gasteiger partial charge in [-0.15, -0.1) is 0 Å². The summed E-state index contributed by atoms with van der Waals surface area (Å²) in [6, 6.07) is 15.2. The minimum atomic E-state index is 0.651. The molecule has 134 valence electrons. The minimum absolute atomic E-state index is 0.651. The fourth-order valence-corrected chi connectivity index (χ4v) is 4.85. The van der Waals surface area contributed by atoms with Crippen LogP contribution in [0.4, 0.5) is 0 Å². The Kier molecular flexibility index (Phi) is 3.88. The molecule has 3 nitrogen and oxygen atoms in total. The van der Waals surface area contributed by atoms with E-state index in [1.54, 1.807) is 7.11 Å². The molecule has 0 spiro atoms. The van der Waals surface area contributed by atoms with Gasteiger partial charge in [-0.2, -0.15) is 0 Å². The van der Waals surface area contributed by atoms with Gasteiger partial charge in [0.1, 0.15) is 18.1 Å². The highest BCUT2D eigenvalue weighted by Crippen LogP contribution is 2.47. The van der Waals surface area contributed by atoms with Crippen LogP contribution >= 0.6 is 0 Å². The topological polar surface area (TPSA) is 23.4 Å². The van der Waals surface area contributed by atoms with Gasteiger partial charge in [0, 0.05) is 22.5 Å². The molecule has 0 radical (unpaired) electrons. The second-order valence-corrected chi connectivity index (χ2v) is 7.48. The van der Waals surface area contributed by atoms with Gasteiger partial charge in [-0.05, 0) is 42.5 Å². The average Bonchev–Trinajstić information content (AvgIpc) is 2.91. The van der Waals surface area contributed by atoms with E-state index in [1.165, 1.54) is 59.8 Å². The molecule has 0 amide bonds. The van der Waals surface area contributed by atoms with E-state index in [4.69, 9.17) is 9.47 Å². The number of hydrogen-bond donors (Lipinski definition) is 0. The molecule has 0 bridgehead atoms. The predicted molar refractivity (Wildman–Crippen MR) is 105 cm³/mol. The van der Waals surface area contributed by atoms with Crippen molar-refractivity contribution in [2.45, 2.75) is 44.6 Å². The normalized spacial score (nSPS) is 17.3. The van der Waals surface area contributed by atoms with E-state index in [0.717, 1.165) is 18.0 Å². The molecule has 2 aliphatic rings. The van der Waals surface area contributed by atoms with Crippen molar-refractivity contribution in [3.8, 4) is 22.8 Å². The summed E-state index contributed by atoms with van der Waals surface area (Å²) in [5.74, 6) is 2.45. The van der Waals surface area contributed by atoms with Gasteiger partial charge in [-0.1, -0.05) is 37.5 Å². The van der Waals surface area contributed by atoms with Gasteiger partial charge in [-0.3, -0.25) is 0 Å². The summed E-state index contributed by atoms with van der Waals surface area (Å²) in [4.78, 5) is 0. The third-order valence-corrected chi connectivity index (χ3v) is 6.04. The largest absolute Gasteiger partial charge is 0.497 e. The Bertz CT molecular complexity index is 950. The highest BCUT2D eigenvalue weighted by atomic mass is 16.5. The van der Waals surface area contributed by atoms with Crippen molar-refractivity contribution in [2.24, 2.45) is 0 Å². The summed E-state index contributed by atoms with van der Waals surface area (Å²) < 4.78 is 14.0. The molecular formula is C23H25NO2. The van der Waals surface area contributed by atoms with Crippen molar-refractivity contribution in [3.05, 3.63) is 48.0 Å². The molecule has 3 heteroatoms. The van der Waals surface area contributed by atoms with Crippen LogP contribution in [0.1, 0.15) is 43.6 Å². The number of para-hydroxylation sites is 1. The maximum atomic E-state index is 6.12. The number of benzene rings is 2. The van der Waals surface area contributed by atoms with E-state index in [1.807, 2.05) is 6.07 Å². The highest BCUT2D eigenvalue weighted by molar-refractivity contribution is 5.94. The molecule has 1 fully saturated rings. The van der Waals surface area contributed by atoms with Crippen molar-refractivity contribution in [1.82, 2.24) is 4.57 Å². The van der Waals surface area contributed by atoms with E-state index < -0.39 is 0 Å². The lowest BCUT2D eigenvalue weighted by Gasteiger charge is -2.23. The SMILES string of the molecule is COc1ccc2c(c1)OCCn1c-2c(C2CCCCC2)c2ccccc21. The molecule has 1 aliphatic carbocycles. The first kappa shape index (κ1) is 15.8. The number of hydrogen-bond acceptors (Lipinski definition) is 2. The van der Waals surface area contributed by atoms with Gasteiger partial charge in [0.15, 0.2) is 0 Å². The Morgan fingerprint density at radius 1 is 1.04 bits per heavy atom. The van der Waals surface area contributed by atoms with Crippen LogP contribution in [-0.2, 0) is 6.54 Å². The molecule has 0 N–H and O–H groups in total. The van der Waals surface area contributed by atoms with Gasteiger partial charge in [0.05, 0.1) is 19.3 Å². The van der Waals surface area contributed by atoms with Crippen LogP contribution in [0.5, 0.6) is 11.5 Å². The van der Waals surface area contributed by atoms with Crippen molar-refractivity contribution >= 4 is 10.9 Å². The Hall–Kier alpha value is -2.42. The number of nitrogens with zero attached hydrogens (tertiary/aromatic N) is 1. The number of ether oxygens (including phenoxy) is 2. The lowest BCUT2D eigenvalue weighted by Crippen LogP contribution is -2.07. The minimum Gasteiger partial charge on any atom is -0.497 e. The zero-order chi connectivity index (χ0) is 17.5. The van der Waals surface area contributed by atoms with Crippen LogP contribution in [0.25, 0.3) is 22.2 Å². The maximum Gasteiger partial charge on any atom is 0.132 e. The lowest BCUT2D eigenvalue weighted by molar-refractivity contribution is 0.306. The monoisotopic (exact) mass is 347 g/mol. The first-order valence-electron chi connectivity index (χ1n) is 9.79. The summed E-state index contributed by atoms with van der Waals surface area (Å²) in [6.07, 6.45) is 6.66. The number of fused-ring (bicyclic) bond motifs is 5. The third-order valence-electron chi connectivity index (χ3n) is 6.04. The molecule has 1 saturated carbocycles. The average molecular weight is 347 g/mol. The van der Waals surface area contributed by atoms with Crippen molar-refractivity contribution in [2.75, 3.05) is 13.7 Å². The summed E-state index contributed by atoms with van der Waals surface area (Å²) in [7, 11) is 1.71. The fraction of sp³-hybridized carbons (Fsp3) is 0.391. The van der Waals surface area contributed by atoms with E-state index >= 15 is 0 Å². The van der Waals surface area contributed by atoms with Crippen molar-refractivity contribution < 1.29 is 9.47 Å². The Labute approximate surface area is 154 Å². The lowest BCUT2D eigenvalue weighted by atomic mass is 9.82. The number of rotatable bonds is 2. The van der Waals surface area contributed by atoms with Gasteiger partial charge in [0.2, 0.25) is 0 Å². The number of aromatic nitrogens is 1. The highest BCUT2D eigenvalue weighted by Gasteiger charge is 2.29. The second kappa shape index (κ2) is 6.39. The fourth-order valence-electron chi connectivity index (χ4n) is 4.85. The first-order valence-corrected chi connectivity index (χ1v) is 9.79. The molecular weight excluding hydrogens is 322 g/mol. The van der Waals surface area contributed by atoms with Crippen molar-refractivity contribution in [1.29, 1.82) is 0 Å². The molecule has 0 saturated heterocycles. The first-order chi connectivity index (χ1) is 12.9. The smallest absolute Gasteiger partial charge is 0.132 e. The summed E-state index contributed by atoms with van der Waals surface area (Å²) in [5.41, 5.74) is 5.46. The van der Waals surface area contributed by atoms with Crippen LogP contribution in [0.3, 0.4) is 0 Å². The molecule has 3 aromatic rings. The van der Waals surface area contributed by atoms with E-state index in [-0.39, 0.29) is 0 Å². The zero-order valence-corrected chi connectivity index (χ0v) is 15.3. The third kappa shape index (κ3) is 2.41. The van der Waals surface area contributed by atoms with E-state index in [0.29, 0.717) is 12.5 Å². The zero-order valence-electron chi connectivity index (χ0n) is 15.3. The van der Waals surface area contributed by atoms with Gasteiger partial charge >= 0.3 is 0 Å². The quantitative estimate of drug-likeness (QED) is 0.588. The van der Waals surface area contributed by atoms with Gasteiger partial charge < -0.3 is 14.0 Å². The molecule has 26 heavy (non-hydrogen) atoms. The summed E-state index contributed by atoms with van der Waals surface area (Å²) in [6.45, 7) is 1.58. The Morgan fingerprint density at radius 2 is 1.88 bits per heavy atom. The van der Waals surface area contributed by atoms with Crippen molar-refractivity contribution in [3.63, 3.8) is 0 Å². The molecule has 2 heterocycles. The Morgan fingerprint density at radius 3 is 2.73 bits per heavy atom. The molecule has 1 aromatic heterocycles. The maximum absolute atomic E-state index is 6.12. The molecule has 0 unspecified atom stereocenters. The van der Waals surface area contributed by atoms with E-state index in [9.17, 15) is 0 Å². The summed E-state index contributed by atoms with van der Waals surface area (Å²) >= 11 is 0. The van der Waals surface area contributed by atoms with Crippen LogP contribution in [0, 0.1) is 0 Å². The van der Waals surface area contributed by atoms with E-state index in [2.05, 4.69) is 41.0 Å². The second-order valence-electron chi connectivity index (χ2n) is 7.48. The van der Waals surface area contributed by atoms with Crippen LogP contribution < -0.4 is 9.47 Å². The van der Waals surface area contributed by atoms with Gasteiger partial charge in [-0.25, -0.2) is 0 Å². The molecule has 0 atom stereocenters. The number of methoxy groups -OCH3 is 1. The molecule has 1 aliphatic heterocycles. The van der Waals surface area contributed by atoms with Crippen LogP contribution in [0.2, 0.25) is 0 Å². The van der Waals surface area contributed by atoms with Gasteiger partial charge in [0.25, 0.3) is 0 Å². The molecule has 2 aromatic carbocycles. The van der Waals surface area contributed by atoms with Crippen LogP contribution in [0.15, 0.2) is 42.5 Å².